The zero-order chi connectivity index (χ0) is 20.2. The summed E-state index contributed by atoms with van der Waals surface area (Å²) in [5.41, 5.74) is 2.95. The first-order valence-corrected chi connectivity index (χ1v) is 10.5. The van der Waals surface area contributed by atoms with Gasteiger partial charge in [0.05, 0.1) is 5.60 Å². The summed E-state index contributed by atoms with van der Waals surface area (Å²) in [6.45, 7) is 6.09. The quantitative estimate of drug-likeness (QED) is 0.569. The third kappa shape index (κ3) is 2.82. The predicted octanol–water partition coefficient (Wildman–Crippen LogP) is 4.19. The van der Waals surface area contributed by atoms with Gasteiger partial charge in [0.25, 0.3) is 0 Å². The summed E-state index contributed by atoms with van der Waals surface area (Å²) in [5, 5.41) is 24.2. The van der Waals surface area contributed by atoms with Gasteiger partial charge in [-0.2, -0.15) is 0 Å². The maximum Gasteiger partial charge on any atom is 0.115 e. The number of phenols is 1. The molecule has 4 nitrogen and oxygen atoms in total. The van der Waals surface area contributed by atoms with Crippen LogP contribution < -0.4 is 0 Å². The van der Waals surface area contributed by atoms with Crippen LogP contribution in [0, 0.1) is 0 Å². The second kappa shape index (κ2) is 6.63. The van der Waals surface area contributed by atoms with E-state index in [0.29, 0.717) is 24.4 Å². The number of piperidine rings is 1. The zero-order valence-corrected chi connectivity index (χ0v) is 17.0. The molecule has 0 radical (unpaired) electrons. The molecule has 1 aliphatic carbocycles. The van der Waals surface area contributed by atoms with Crippen molar-refractivity contribution in [3.63, 3.8) is 0 Å². The summed E-state index contributed by atoms with van der Waals surface area (Å²) >= 11 is 6.21. The molecule has 1 aliphatic heterocycles. The Morgan fingerprint density at radius 2 is 2.07 bits per heavy atom. The Bertz CT molecular complexity index is 1110. The average molecular weight is 409 g/mol. The molecule has 2 heterocycles. The van der Waals surface area contributed by atoms with Gasteiger partial charge in [-0.25, -0.2) is 0 Å². The van der Waals surface area contributed by atoms with E-state index in [1.165, 1.54) is 5.56 Å². The van der Waals surface area contributed by atoms with Crippen LogP contribution in [0.1, 0.15) is 23.2 Å². The average Bonchev–Trinajstić information content (AvgIpc) is 3.01. The molecule has 0 bridgehead atoms. The van der Waals surface area contributed by atoms with Gasteiger partial charge in [-0.15, -0.1) is 6.58 Å². The number of halogens is 1. The summed E-state index contributed by atoms with van der Waals surface area (Å²) in [6, 6.07) is 13.3. The lowest BCUT2D eigenvalue weighted by Gasteiger charge is -2.56. The van der Waals surface area contributed by atoms with E-state index in [4.69, 9.17) is 11.6 Å². The molecule has 0 saturated carbocycles. The normalized spacial score (nSPS) is 26.8. The van der Waals surface area contributed by atoms with Crippen LogP contribution in [0.5, 0.6) is 5.75 Å². The number of rotatable bonds is 3. The number of nitrogens with zero attached hydrogens (tertiary/aromatic N) is 1. The molecule has 2 aromatic carbocycles. The van der Waals surface area contributed by atoms with Crippen molar-refractivity contribution < 1.29 is 10.2 Å². The van der Waals surface area contributed by atoms with E-state index in [-0.39, 0.29) is 5.75 Å². The fourth-order valence-corrected chi connectivity index (χ4v) is 5.72. The van der Waals surface area contributed by atoms with Crippen molar-refractivity contribution in [2.75, 3.05) is 19.6 Å². The van der Waals surface area contributed by atoms with Crippen LogP contribution in [0.2, 0.25) is 5.02 Å². The molecule has 0 spiro atoms. The van der Waals surface area contributed by atoms with Crippen molar-refractivity contribution in [2.45, 2.75) is 30.3 Å². The van der Waals surface area contributed by atoms with Crippen LogP contribution in [0.4, 0.5) is 0 Å². The molecular weight excluding hydrogens is 384 g/mol. The Kier molecular flexibility index (Phi) is 4.28. The highest BCUT2D eigenvalue weighted by Gasteiger charge is 2.57. The molecule has 2 aliphatic rings. The van der Waals surface area contributed by atoms with Crippen LogP contribution in [0.25, 0.3) is 10.9 Å². The second-order valence-electron chi connectivity index (χ2n) is 8.56. The highest BCUT2D eigenvalue weighted by molar-refractivity contribution is 6.31. The van der Waals surface area contributed by atoms with Gasteiger partial charge in [0, 0.05) is 53.0 Å². The first kappa shape index (κ1) is 18.7. The Morgan fingerprint density at radius 1 is 1.21 bits per heavy atom. The molecule has 1 saturated heterocycles. The number of aliphatic hydroxyl groups is 1. The van der Waals surface area contributed by atoms with Crippen molar-refractivity contribution >= 4 is 22.5 Å². The van der Waals surface area contributed by atoms with Crippen molar-refractivity contribution in [3.8, 4) is 5.75 Å². The number of aromatic hydroxyl groups is 1. The van der Waals surface area contributed by atoms with E-state index in [1.54, 1.807) is 6.07 Å². The monoisotopic (exact) mass is 408 g/mol. The summed E-state index contributed by atoms with van der Waals surface area (Å²) in [7, 11) is 0. The maximum atomic E-state index is 12.2. The van der Waals surface area contributed by atoms with Gasteiger partial charge in [-0.3, -0.25) is 4.90 Å². The number of β-amino-alcohol motifs (C(OH)–C–C–N with tert-alkyl or cyclic N) is 1. The van der Waals surface area contributed by atoms with Crippen molar-refractivity contribution in [2.24, 2.45) is 0 Å². The van der Waals surface area contributed by atoms with Crippen molar-refractivity contribution in [1.29, 1.82) is 0 Å². The van der Waals surface area contributed by atoms with Gasteiger partial charge in [0.1, 0.15) is 5.75 Å². The Labute approximate surface area is 175 Å². The zero-order valence-electron chi connectivity index (χ0n) is 16.3. The predicted molar refractivity (Wildman–Crippen MR) is 117 cm³/mol. The number of benzene rings is 2. The molecule has 0 amide bonds. The summed E-state index contributed by atoms with van der Waals surface area (Å²) in [6.07, 6.45) is 3.98. The third-order valence-electron chi connectivity index (χ3n) is 6.92. The van der Waals surface area contributed by atoms with Crippen molar-refractivity contribution in [3.05, 3.63) is 77.0 Å². The van der Waals surface area contributed by atoms with Crippen LogP contribution in [-0.4, -0.2) is 45.3 Å². The number of fused-ring (bicyclic) bond motifs is 4. The topological polar surface area (TPSA) is 59.5 Å². The first-order chi connectivity index (χ1) is 13.9. The molecule has 2 atom stereocenters. The van der Waals surface area contributed by atoms with Crippen LogP contribution in [0.15, 0.2) is 55.1 Å². The molecule has 1 aromatic heterocycles. The number of phenolic OH excluding ortho intramolecular Hbond substituents is 1. The molecule has 0 unspecified atom stereocenters. The minimum atomic E-state index is -0.941. The van der Waals surface area contributed by atoms with E-state index < -0.39 is 11.0 Å². The van der Waals surface area contributed by atoms with Gasteiger partial charge in [-0.05, 0) is 48.4 Å². The fraction of sp³-hybridized carbons (Fsp3) is 0.333. The molecule has 3 aromatic rings. The number of aromatic nitrogens is 1. The molecule has 150 valence electrons. The Morgan fingerprint density at radius 3 is 2.86 bits per heavy atom. The van der Waals surface area contributed by atoms with Gasteiger partial charge in [0.2, 0.25) is 0 Å². The molecule has 5 rings (SSSR count). The number of nitrogens with one attached hydrogen (secondary N) is 1. The second-order valence-corrected chi connectivity index (χ2v) is 9.00. The minimum Gasteiger partial charge on any atom is -0.508 e. The van der Waals surface area contributed by atoms with E-state index in [9.17, 15) is 10.2 Å². The summed E-state index contributed by atoms with van der Waals surface area (Å²) < 4.78 is 0. The number of hydrogen-bond acceptors (Lipinski definition) is 3. The highest BCUT2D eigenvalue weighted by Crippen LogP contribution is 2.51. The van der Waals surface area contributed by atoms with E-state index in [2.05, 4.69) is 16.5 Å². The minimum absolute atomic E-state index is 0.238. The highest BCUT2D eigenvalue weighted by atomic mass is 35.5. The van der Waals surface area contributed by atoms with Crippen molar-refractivity contribution in [1.82, 2.24) is 9.88 Å². The van der Waals surface area contributed by atoms with Gasteiger partial charge in [0.15, 0.2) is 0 Å². The third-order valence-corrected chi connectivity index (χ3v) is 7.16. The van der Waals surface area contributed by atoms with Crippen LogP contribution in [-0.2, 0) is 18.3 Å². The standard InChI is InChI=1S/C24H25ClN2O2/c1-2-9-27-10-8-23(16-4-3-5-18(28)11-16)14-22-20(13-24(23,29)15-27)19-7-6-17(25)12-21(19)26-22/h2-7,11-12,26,28-29H,1,8-10,13-15H2/t23-,24-/m0/s1. The van der Waals surface area contributed by atoms with Crippen LogP contribution >= 0.6 is 11.6 Å². The first-order valence-electron chi connectivity index (χ1n) is 10.1. The molecule has 29 heavy (non-hydrogen) atoms. The number of hydrogen-bond donors (Lipinski definition) is 3. The lowest BCUT2D eigenvalue weighted by molar-refractivity contribution is -0.100. The van der Waals surface area contributed by atoms with Crippen LogP contribution in [0.3, 0.4) is 0 Å². The van der Waals surface area contributed by atoms with E-state index >= 15 is 0 Å². The van der Waals surface area contributed by atoms with Gasteiger partial charge >= 0.3 is 0 Å². The fourth-order valence-electron chi connectivity index (χ4n) is 5.55. The molecule has 5 heteroatoms. The number of aromatic amines is 1. The SMILES string of the molecule is C=CCN1CC[C@@]2(c3cccc(O)c3)Cc3[nH]c4cc(Cl)ccc4c3C[C@]2(O)C1. The number of H-pyrrole nitrogens is 1. The smallest absolute Gasteiger partial charge is 0.115 e. The lowest BCUT2D eigenvalue weighted by atomic mass is 9.56. The van der Waals surface area contributed by atoms with E-state index in [0.717, 1.165) is 41.7 Å². The largest absolute Gasteiger partial charge is 0.508 e. The van der Waals surface area contributed by atoms with E-state index in [1.807, 2.05) is 42.5 Å². The summed E-state index contributed by atoms with van der Waals surface area (Å²) in [5.74, 6) is 0.238. The van der Waals surface area contributed by atoms with Gasteiger partial charge < -0.3 is 15.2 Å². The number of likely N-dealkylation sites (tertiary alicyclic amines) is 1. The molecular formula is C24H25ClN2O2. The lowest BCUT2D eigenvalue weighted by Crippen LogP contribution is -2.66. The van der Waals surface area contributed by atoms with Gasteiger partial charge in [-0.1, -0.05) is 35.9 Å². The summed E-state index contributed by atoms with van der Waals surface area (Å²) in [4.78, 5) is 5.83. The maximum absolute atomic E-state index is 12.2. The Balaban J connectivity index is 1.69. The Hall–Kier alpha value is -2.27. The molecule has 3 N–H and O–H groups in total. The molecule has 1 fully saturated rings.